The molecule has 0 radical (unpaired) electrons. The number of alkyl halides is 6. The van der Waals surface area contributed by atoms with Gasteiger partial charge in [0.2, 0.25) is 0 Å². The van der Waals surface area contributed by atoms with Crippen molar-refractivity contribution >= 4 is 23.2 Å². The first-order valence-corrected chi connectivity index (χ1v) is 11.9. The third-order valence-corrected chi connectivity index (χ3v) is 7.03. The number of nitrogens with one attached hydrogen (secondary N) is 3. The van der Waals surface area contributed by atoms with Crippen LogP contribution in [-0.2, 0) is 20.8 Å². The number of hydrogen-bond donors (Lipinski definition) is 3. The summed E-state index contributed by atoms with van der Waals surface area (Å²) in [5, 5.41) is 15.9. The average molecular weight is 561 g/mol. The molecule has 1 amide bonds. The van der Waals surface area contributed by atoms with Crippen LogP contribution >= 0.6 is 0 Å². The number of carbonyl (C=O) groups excluding carboxylic acids is 1. The predicted molar refractivity (Wildman–Crippen MR) is 118 cm³/mol. The van der Waals surface area contributed by atoms with Crippen LogP contribution in [0.25, 0.3) is 5.52 Å². The molecule has 1 saturated heterocycles. The molecule has 17 heteroatoms. The van der Waals surface area contributed by atoms with Crippen molar-refractivity contribution in [1.82, 2.24) is 30.1 Å². The molecule has 3 atom stereocenters. The van der Waals surface area contributed by atoms with E-state index < -0.39 is 49.6 Å². The number of fused-ring (bicyclic) bond motifs is 1. The van der Waals surface area contributed by atoms with Crippen molar-refractivity contribution in [2.45, 2.75) is 62.6 Å². The van der Waals surface area contributed by atoms with Gasteiger partial charge in [-0.15, -0.1) is 13.2 Å². The standard InChI is InChI=1S/C22H21F6N7O4/c23-16-14(39-20(36)31-21-3-9(4-21)5-21)8-37-17(16)11-2-15(33-32-11)30-19-13-1-10(7-38-22(26,27)28)34-35(13)6-12(29-19)18(24)25/h1-2,6,9,14,16-18H,3-5,7-8H2,(H,31,36)(H2,29,30,32,33)/t9?,14-,16+,17-,21?/m1/s1. The van der Waals surface area contributed by atoms with Gasteiger partial charge in [-0.05, 0) is 31.2 Å². The van der Waals surface area contributed by atoms with Crippen molar-refractivity contribution in [1.29, 1.82) is 0 Å². The molecule has 0 unspecified atom stereocenters. The summed E-state index contributed by atoms with van der Waals surface area (Å²) in [7, 11) is 0. The highest BCUT2D eigenvalue weighted by Crippen LogP contribution is 2.57. The molecule has 3 saturated carbocycles. The lowest BCUT2D eigenvalue weighted by molar-refractivity contribution is -0.330. The van der Waals surface area contributed by atoms with Gasteiger partial charge >= 0.3 is 12.5 Å². The summed E-state index contributed by atoms with van der Waals surface area (Å²) in [6.07, 6.45) is -9.04. The van der Waals surface area contributed by atoms with Crippen molar-refractivity contribution in [2.75, 3.05) is 11.9 Å². The van der Waals surface area contributed by atoms with Crippen molar-refractivity contribution in [3.05, 3.63) is 35.4 Å². The maximum atomic E-state index is 15.1. The topological polar surface area (TPSA) is 128 Å². The molecule has 39 heavy (non-hydrogen) atoms. The van der Waals surface area contributed by atoms with Crippen molar-refractivity contribution < 1.29 is 45.3 Å². The SMILES string of the molecule is O=C(NC12CC(C1)C2)O[C@@H]1CO[C@H](c2cc(Nc3nc(C(F)F)cn4nc(COC(F)(F)F)cc34)n[nH]2)[C@H]1F. The number of anilines is 2. The van der Waals surface area contributed by atoms with Gasteiger partial charge in [0.1, 0.15) is 23.9 Å². The molecule has 4 heterocycles. The van der Waals surface area contributed by atoms with E-state index in [1.165, 1.54) is 12.1 Å². The number of carbonyl (C=O) groups is 1. The number of halogens is 6. The Bertz CT molecular complexity index is 1380. The summed E-state index contributed by atoms with van der Waals surface area (Å²) in [6.45, 7) is -1.13. The lowest BCUT2D eigenvalue weighted by atomic mass is 9.50. The number of hydrogen-bond acceptors (Lipinski definition) is 8. The highest BCUT2D eigenvalue weighted by atomic mass is 19.4. The quantitative estimate of drug-likeness (QED) is 0.349. The van der Waals surface area contributed by atoms with Crippen LogP contribution < -0.4 is 10.6 Å². The molecule has 210 valence electrons. The molecule has 1 aliphatic heterocycles. The highest BCUT2D eigenvalue weighted by Gasteiger charge is 2.58. The molecule has 0 aromatic carbocycles. The van der Waals surface area contributed by atoms with E-state index in [4.69, 9.17) is 9.47 Å². The van der Waals surface area contributed by atoms with E-state index in [9.17, 15) is 26.7 Å². The number of aromatic nitrogens is 5. The lowest BCUT2D eigenvalue weighted by Crippen LogP contribution is -2.68. The van der Waals surface area contributed by atoms with E-state index >= 15 is 4.39 Å². The van der Waals surface area contributed by atoms with Gasteiger partial charge in [0.15, 0.2) is 23.9 Å². The number of ether oxygens (including phenoxy) is 3. The second-order valence-electron chi connectivity index (χ2n) is 9.87. The van der Waals surface area contributed by atoms with Crippen LogP contribution in [0.15, 0.2) is 18.3 Å². The van der Waals surface area contributed by atoms with Gasteiger partial charge in [-0.25, -0.2) is 27.5 Å². The smallest absolute Gasteiger partial charge is 0.441 e. The number of rotatable bonds is 8. The van der Waals surface area contributed by atoms with E-state index in [0.29, 0.717) is 5.92 Å². The monoisotopic (exact) mass is 561 g/mol. The van der Waals surface area contributed by atoms with Crippen LogP contribution in [0.2, 0.25) is 0 Å². The third kappa shape index (κ3) is 5.07. The minimum Gasteiger partial charge on any atom is -0.441 e. The average Bonchev–Trinajstić information content (AvgIpc) is 3.53. The van der Waals surface area contributed by atoms with Crippen LogP contribution in [0.5, 0.6) is 0 Å². The first kappa shape index (κ1) is 25.7. The minimum atomic E-state index is -4.91. The number of aromatic amines is 1. The molecule has 3 N–H and O–H groups in total. The number of nitrogens with zero attached hydrogens (tertiary/aromatic N) is 4. The first-order valence-electron chi connectivity index (χ1n) is 11.9. The molecule has 0 spiro atoms. The van der Waals surface area contributed by atoms with E-state index in [-0.39, 0.29) is 40.7 Å². The van der Waals surface area contributed by atoms with Crippen LogP contribution in [0, 0.1) is 5.92 Å². The number of amides is 1. The van der Waals surface area contributed by atoms with E-state index in [1.807, 2.05) is 0 Å². The Morgan fingerprint density at radius 1 is 1.28 bits per heavy atom. The molecular weight excluding hydrogens is 540 g/mol. The molecule has 4 aliphatic rings. The molecule has 7 rings (SSSR count). The number of alkyl carbamates (subject to hydrolysis) is 1. The second kappa shape index (κ2) is 9.25. The van der Waals surface area contributed by atoms with E-state index in [0.717, 1.165) is 30.0 Å². The second-order valence-corrected chi connectivity index (χ2v) is 9.87. The van der Waals surface area contributed by atoms with Crippen LogP contribution in [0.1, 0.15) is 48.9 Å². The van der Waals surface area contributed by atoms with Crippen LogP contribution in [-0.4, -0.2) is 61.7 Å². The van der Waals surface area contributed by atoms with Gasteiger partial charge in [0, 0.05) is 11.6 Å². The van der Waals surface area contributed by atoms with Crippen molar-refractivity contribution in [3.63, 3.8) is 0 Å². The van der Waals surface area contributed by atoms with Gasteiger partial charge in [-0.1, -0.05) is 0 Å². The fraction of sp³-hybridized carbons (Fsp3) is 0.545. The van der Waals surface area contributed by atoms with E-state index in [1.54, 1.807) is 0 Å². The normalized spacial score (nSPS) is 27.9. The summed E-state index contributed by atoms with van der Waals surface area (Å²) >= 11 is 0. The summed E-state index contributed by atoms with van der Waals surface area (Å²) in [6, 6.07) is 2.53. The Labute approximate surface area is 215 Å². The summed E-state index contributed by atoms with van der Waals surface area (Å²) in [4.78, 5) is 16.0. The Morgan fingerprint density at radius 2 is 2.05 bits per heavy atom. The fourth-order valence-electron chi connectivity index (χ4n) is 5.10. The Hall–Kier alpha value is -3.60. The summed E-state index contributed by atoms with van der Waals surface area (Å²) in [5.41, 5.74) is -0.876. The zero-order chi connectivity index (χ0) is 27.5. The Balaban J connectivity index is 1.15. The predicted octanol–water partition coefficient (Wildman–Crippen LogP) is 4.23. The molecule has 4 fully saturated rings. The van der Waals surface area contributed by atoms with Gasteiger partial charge in [-0.2, -0.15) is 10.2 Å². The van der Waals surface area contributed by atoms with Gasteiger partial charge < -0.3 is 20.1 Å². The zero-order valence-corrected chi connectivity index (χ0v) is 19.8. The molecular formula is C22H21F6N7O4. The van der Waals surface area contributed by atoms with Gasteiger partial charge in [0.25, 0.3) is 6.43 Å². The fourth-order valence-corrected chi connectivity index (χ4v) is 5.10. The van der Waals surface area contributed by atoms with Crippen molar-refractivity contribution in [2.24, 2.45) is 5.92 Å². The molecule has 3 aromatic heterocycles. The lowest BCUT2D eigenvalue weighted by Gasteiger charge is -2.61. The zero-order valence-electron chi connectivity index (χ0n) is 19.8. The largest absolute Gasteiger partial charge is 0.522 e. The Morgan fingerprint density at radius 3 is 2.72 bits per heavy atom. The summed E-state index contributed by atoms with van der Waals surface area (Å²) in [5.74, 6) is 0.485. The summed E-state index contributed by atoms with van der Waals surface area (Å²) < 4.78 is 94.5. The van der Waals surface area contributed by atoms with Crippen LogP contribution in [0.4, 0.5) is 42.8 Å². The van der Waals surface area contributed by atoms with Crippen LogP contribution in [0.3, 0.4) is 0 Å². The van der Waals surface area contributed by atoms with Crippen molar-refractivity contribution in [3.8, 4) is 0 Å². The molecule has 11 nitrogen and oxygen atoms in total. The maximum Gasteiger partial charge on any atom is 0.522 e. The van der Waals surface area contributed by atoms with Gasteiger partial charge in [0.05, 0.1) is 24.2 Å². The van der Waals surface area contributed by atoms with Gasteiger partial charge in [-0.3, -0.25) is 9.84 Å². The number of H-pyrrole nitrogens is 1. The third-order valence-electron chi connectivity index (χ3n) is 7.03. The maximum absolute atomic E-state index is 15.1. The first-order chi connectivity index (χ1) is 18.5. The highest BCUT2D eigenvalue weighted by molar-refractivity contribution is 5.72. The van der Waals surface area contributed by atoms with E-state index in [2.05, 4.69) is 35.7 Å². The molecule has 2 bridgehead atoms. The minimum absolute atomic E-state index is 0.0293. The molecule has 3 aliphatic carbocycles. The Kier molecular flexibility index (Phi) is 6.09. The molecule has 3 aromatic rings.